The van der Waals surface area contributed by atoms with Gasteiger partial charge in [0.15, 0.2) is 0 Å². The van der Waals surface area contributed by atoms with Crippen LogP contribution in [0.3, 0.4) is 0 Å². The van der Waals surface area contributed by atoms with Crippen LogP contribution in [0.15, 0.2) is 30.3 Å². The largest absolute Gasteiger partial charge is 0.357 e. The van der Waals surface area contributed by atoms with Gasteiger partial charge in [-0.25, -0.2) is 0 Å². The highest BCUT2D eigenvalue weighted by molar-refractivity contribution is 6.02. The lowest BCUT2D eigenvalue weighted by molar-refractivity contribution is -0.142. The summed E-state index contributed by atoms with van der Waals surface area (Å²) in [6, 6.07) is 9.64. The Labute approximate surface area is 89.7 Å². The van der Waals surface area contributed by atoms with Crippen molar-refractivity contribution in [2.24, 2.45) is 5.92 Å². The van der Waals surface area contributed by atoms with Gasteiger partial charge in [-0.15, -0.1) is 0 Å². The van der Waals surface area contributed by atoms with Crippen molar-refractivity contribution in [2.75, 3.05) is 11.5 Å². The smallest absolute Gasteiger partial charge is 0.236 e. The quantitative estimate of drug-likeness (QED) is 0.707. The van der Waals surface area contributed by atoms with Crippen LogP contribution in [-0.2, 0) is 9.53 Å². The molecule has 1 amide bonds. The van der Waals surface area contributed by atoms with Crippen LogP contribution in [-0.4, -0.2) is 18.7 Å². The Bertz CT molecular complexity index is 350. The minimum absolute atomic E-state index is 0.0230. The van der Waals surface area contributed by atoms with E-state index < -0.39 is 0 Å². The molecule has 0 radical (unpaired) electrons. The molecule has 0 N–H and O–H groups in total. The van der Waals surface area contributed by atoms with Gasteiger partial charge in [-0.1, -0.05) is 18.2 Å². The molecule has 0 aliphatic carbocycles. The number of rotatable bonds is 3. The number of hydrogen-bond acceptors (Lipinski definition) is 2. The fourth-order valence-corrected chi connectivity index (χ4v) is 1.86. The molecule has 1 fully saturated rings. The Morgan fingerprint density at radius 1 is 1.33 bits per heavy atom. The number of ether oxygens (including phenoxy) is 1. The first kappa shape index (κ1) is 10.2. The molecule has 0 bridgehead atoms. The van der Waals surface area contributed by atoms with E-state index in [1.807, 2.05) is 44.2 Å². The summed E-state index contributed by atoms with van der Waals surface area (Å²) in [4.78, 5) is 13.4. The third-order valence-electron chi connectivity index (χ3n) is 2.68. The van der Waals surface area contributed by atoms with Crippen LogP contribution in [0.5, 0.6) is 0 Å². The van der Waals surface area contributed by atoms with E-state index in [9.17, 15) is 4.79 Å². The molecule has 0 spiro atoms. The van der Waals surface area contributed by atoms with E-state index in [2.05, 4.69) is 0 Å². The molecule has 2 atom stereocenters. The first-order valence-electron chi connectivity index (χ1n) is 5.25. The molecule has 80 valence electrons. The van der Waals surface area contributed by atoms with Crippen LogP contribution in [0, 0.1) is 5.92 Å². The minimum Gasteiger partial charge on any atom is -0.357 e. The van der Waals surface area contributed by atoms with Crippen LogP contribution >= 0.6 is 0 Å². The van der Waals surface area contributed by atoms with Crippen LogP contribution in [0.1, 0.15) is 13.8 Å². The zero-order valence-corrected chi connectivity index (χ0v) is 9.01. The summed E-state index contributed by atoms with van der Waals surface area (Å²) in [7, 11) is 0. The molecule has 3 nitrogen and oxygen atoms in total. The summed E-state index contributed by atoms with van der Waals surface area (Å²) in [5.74, 6) is 0.116. The van der Waals surface area contributed by atoms with Gasteiger partial charge in [-0.2, -0.15) is 0 Å². The average Bonchev–Trinajstić information content (AvgIpc) is 2.29. The number of amides is 1. The number of carbonyl (C=O) groups is 1. The third-order valence-corrected chi connectivity index (χ3v) is 2.68. The fraction of sp³-hybridized carbons (Fsp3) is 0.417. The van der Waals surface area contributed by atoms with Gasteiger partial charge in [-0.3, -0.25) is 9.69 Å². The number of hydrogen-bond donors (Lipinski definition) is 0. The van der Waals surface area contributed by atoms with Gasteiger partial charge >= 0.3 is 0 Å². The molecular formula is C12H15NO2. The summed E-state index contributed by atoms with van der Waals surface area (Å²) in [6.07, 6.45) is -0.0927. The molecule has 1 saturated heterocycles. The Morgan fingerprint density at radius 2 is 2.00 bits per heavy atom. The standard InChI is InChI=1S/C12H15NO2/c1-3-15-12-9(2)11(14)13(12)10-7-5-4-6-8-10/h4-9,12H,3H2,1-2H3/t9-,12+/m1/s1. The topological polar surface area (TPSA) is 29.5 Å². The van der Waals surface area contributed by atoms with Crippen molar-refractivity contribution in [3.05, 3.63) is 30.3 Å². The third kappa shape index (κ3) is 1.63. The Morgan fingerprint density at radius 3 is 2.60 bits per heavy atom. The molecule has 3 heteroatoms. The maximum absolute atomic E-state index is 11.7. The number of para-hydroxylation sites is 1. The Hall–Kier alpha value is -1.35. The average molecular weight is 205 g/mol. The normalized spacial score (nSPS) is 25.2. The molecule has 15 heavy (non-hydrogen) atoms. The number of carbonyl (C=O) groups excluding carboxylic acids is 1. The van der Waals surface area contributed by atoms with E-state index in [0.717, 1.165) is 5.69 Å². The maximum Gasteiger partial charge on any atom is 0.236 e. The molecule has 1 heterocycles. The maximum atomic E-state index is 11.7. The molecule has 1 aliphatic rings. The van der Waals surface area contributed by atoms with Gasteiger partial charge < -0.3 is 4.74 Å². The first-order valence-corrected chi connectivity index (χ1v) is 5.25. The molecule has 0 aromatic heterocycles. The molecule has 0 unspecified atom stereocenters. The van der Waals surface area contributed by atoms with Crippen molar-refractivity contribution < 1.29 is 9.53 Å². The molecule has 1 aromatic rings. The van der Waals surface area contributed by atoms with E-state index in [1.54, 1.807) is 4.90 Å². The van der Waals surface area contributed by atoms with Crippen molar-refractivity contribution in [1.82, 2.24) is 0 Å². The molecule has 1 aliphatic heterocycles. The van der Waals surface area contributed by atoms with Gasteiger partial charge in [0.1, 0.15) is 6.23 Å². The molecule has 2 rings (SSSR count). The zero-order valence-electron chi connectivity index (χ0n) is 9.01. The van der Waals surface area contributed by atoms with Gasteiger partial charge in [0, 0.05) is 12.3 Å². The van der Waals surface area contributed by atoms with Crippen LogP contribution in [0.25, 0.3) is 0 Å². The predicted octanol–water partition coefficient (Wildman–Crippen LogP) is 2.03. The summed E-state index contributed by atoms with van der Waals surface area (Å²) in [5.41, 5.74) is 0.916. The summed E-state index contributed by atoms with van der Waals surface area (Å²) >= 11 is 0. The van der Waals surface area contributed by atoms with E-state index >= 15 is 0 Å². The number of nitrogens with zero attached hydrogens (tertiary/aromatic N) is 1. The van der Waals surface area contributed by atoms with Gasteiger partial charge in [0.05, 0.1) is 5.92 Å². The molecule has 1 aromatic carbocycles. The summed E-state index contributed by atoms with van der Waals surface area (Å²) in [6.45, 7) is 4.48. The van der Waals surface area contributed by atoms with Crippen molar-refractivity contribution in [3.63, 3.8) is 0 Å². The predicted molar refractivity (Wildman–Crippen MR) is 58.5 cm³/mol. The lowest BCUT2D eigenvalue weighted by Crippen LogP contribution is -2.61. The van der Waals surface area contributed by atoms with Crippen molar-refractivity contribution in [2.45, 2.75) is 20.1 Å². The SMILES string of the molecule is CCO[C@H]1[C@H](C)C(=O)N1c1ccccc1. The first-order chi connectivity index (χ1) is 7.25. The van der Waals surface area contributed by atoms with E-state index in [1.165, 1.54) is 0 Å². The van der Waals surface area contributed by atoms with Crippen molar-refractivity contribution in [3.8, 4) is 0 Å². The molecular weight excluding hydrogens is 190 g/mol. The van der Waals surface area contributed by atoms with E-state index in [0.29, 0.717) is 6.61 Å². The highest BCUT2D eigenvalue weighted by atomic mass is 16.5. The zero-order chi connectivity index (χ0) is 10.8. The van der Waals surface area contributed by atoms with Gasteiger partial charge in [-0.05, 0) is 26.0 Å². The highest BCUT2D eigenvalue weighted by Gasteiger charge is 2.45. The van der Waals surface area contributed by atoms with Gasteiger partial charge in [0.2, 0.25) is 5.91 Å². The second-order valence-corrected chi connectivity index (χ2v) is 3.68. The van der Waals surface area contributed by atoms with Crippen LogP contribution in [0.4, 0.5) is 5.69 Å². The summed E-state index contributed by atoms with van der Waals surface area (Å²) < 4.78 is 5.53. The lowest BCUT2D eigenvalue weighted by atomic mass is 9.97. The molecule has 0 saturated carbocycles. The van der Waals surface area contributed by atoms with Crippen molar-refractivity contribution in [1.29, 1.82) is 0 Å². The Balaban J connectivity index is 2.18. The van der Waals surface area contributed by atoms with E-state index in [4.69, 9.17) is 4.74 Å². The second kappa shape index (κ2) is 4.03. The lowest BCUT2D eigenvalue weighted by Gasteiger charge is -2.44. The summed E-state index contributed by atoms with van der Waals surface area (Å²) in [5, 5.41) is 0. The minimum atomic E-state index is -0.0927. The number of β-lactam (4-membered cyclic amide) rings is 1. The fourth-order valence-electron chi connectivity index (χ4n) is 1.86. The monoisotopic (exact) mass is 205 g/mol. The van der Waals surface area contributed by atoms with Crippen LogP contribution < -0.4 is 4.90 Å². The number of benzene rings is 1. The van der Waals surface area contributed by atoms with Crippen molar-refractivity contribution >= 4 is 11.6 Å². The Kier molecular flexibility index (Phi) is 2.73. The van der Waals surface area contributed by atoms with Crippen LogP contribution in [0.2, 0.25) is 0 Å². The van der Waals surface area contributed by atoms with E-state index in [-0.39, 0.29) is 18.1 Å². The van der Waals surface area contributed by atoms with Gasteiger partial charge in [0.25, 0.3) is 0 Å². The number of anilines is 1. The highest BCUT2D eigenvalue weighted by Crippen LogP contribution is 2.32. The second-order valence-electron chi connectivity index (χ2n) is 3.68.